The summed E-state index contributed by atoms with van der Waals surface area (Å²) in [5.74, 6) is 1.49. The Bertz CT molecular complexity index is 50.1. The quantitative estimate of drug-likeness (QED) is 0.530. The summed E-state index contributed by atoms with van der Waals surface area (Å²) in [5, 5.41) is 0. The number of hydrogen-bond acceptors (Lipinski definition) is 0. The van der Waals surface area contributed by atoms with E-state index in [0.29, 0.717) is 5.41 Å². The van der Waals surface area contributed by atoms with Crippen LogP contribution in [-0.4, -0.2) is 0 Å². The topological polar surface area (TPSA) is 0 Å². The third kappa shape index (κ3) is 9.10. The first-order valence-corrected chi connectivity index (χ1v) is 2.75. The van der Waals surface area contributed by atoms with Crippen molar-refractivity contribution in [2.45, 2.75) is 34.6 Å². The molecule has 0 unspecified atom stereocenters. The first-order valence-electron chi connectivity index (χ1n) is 2.75. The second-order valence-corrected chi connectivity index (χ2v) is 3.25. The van der Waals surface area contributed by atoms with Gasteiger partial charge in [-0.15, -0.1) is 0 Å². The smallest absolute Gasteiger partial charge is 0.358 e. The van der Waals surface area contributed by atoms with Crippen molar-refractivity contribution in [3.63, 3.8) is 0 Å². The summed E-state index contributed by atoms with van der Waals surface area (Å²) in [6, 6.07) is 0. The van der Waals surface area contributed by atoms with Crippen molar-refractivity contribution in [2.24, 2.45) is 5.41 Å². The first kappa shape index (κ1) is 16.6. The molecular formula is C8H18Y+. The molecule has 0 nitrogen and oxygen atoms in total. The average Bonchev–Trinajstić information content (AvgIpc) is 1.31. The molecule has 1 heteroatoms. The van der Waals surface area contributed by atoms with Gasteiger partial charge in [0.1, 0.15) is 0 Å². The summed E-state index contributed by atoms with van der Waals surface area (Å²) in [4.78, 5) is 0. The second kappa shape index (κ2) is 5.86. The molecular weight excluding hydrogens is 185 g/mol. The van der Waals surface area contributed by atoms with Crippen LogP contribution in [-0.2, 0) is 32.7 Å². The van der Waals surface area contributed by atoms with Gasteiger partial charge in [0.25, 0.3) is 0 Å². The summed E-state index contributed by atoms with van der Waals surface area (Å²) in [7, 11) is 0. The molecule has 0 radical (unpaired) electrons. The van der Waals surface area contributed by atoms with E-state index >= 15 is 0 Å². The van der Waals surface area contributed by atoms with Gasteiger partial charge in [0.15, 0.2) is 0 Å². The van der Waals surface area contributed by atoms with Crippen molar-refractivity contribution in [1.29, 1.82) is 0 Å². The van der Waals surface area contributed by atoms with E-state index in [4.69, 9.17) is 0 Å². The van der Waals surface area contributed by atoms with Gasteiger partial charge in [0, 0.05) is 0 Å². The summed E-state index contributed by atoms with van der Waals surface area (Å²) in [6.45, 7) is 11.0. The minimum Gasteiger partial charge on any atom is -0.358 e. The maximum Gasteiger partial charge on any atom is 3.00 e. The molecule has 0 spiro atoms. The van der Waals surface area contributed by atoms with Gasteiger partial charge >= 0.3 is 32.7 Å². The van der Waals surface area contributed by atoms with E-state index in [1.54, 1.807) is 0 Å². The van der Waals surface area contributed by atoms with Crippen LogP contribution in [0.25, 0.3) is 0 Å². The molecule has 0 amide bonds. The molecule has 0 aliphatic carbocycles. The monoisotopic (exact) mass is 203 g/mol. The first-order chi connectivity index (χ1) is 2.94. The van der Waals surface area contributed by atoms with Crippen LogP contribution in [0.5, 0.6) is 0 Å². The summed E-state index contributed by atoms with van der Waals surface area (Å²) in [6.07, 6.45) is 0. The SMILES string of the molecule is C[C-](C)C(C)(C)C.[CH3-].[Y+3]. The van der Waals surface area contributed by atoms with Crippen LogP contribution in [0.15, 0.2) is 0 Å². The second-order valence-electron chi connectivity index (χ2n) is 3.25. The normalized spacial score (nSPS) is 10.0. The fourth-order valence-electron chi connectivity index (χ4n) is 0. The van der Waals surface area contributed by atoms with Crippen LogP contribution in [0.4, 0.5) is 0 Å². The molecule has 0 heterocycles. The van der Waals surface area contributed by atoms with Crippen molar-refractivity contribution in [3.8, 4) is 0 Å². The molecule has 0 aromatic heterocycles. The Balaban J connectivity index is -0.000000180. The van der Waals surface area contributed by atoms with E-state index < -0.39 is 0 Å². The van der Waals surface area contributed by atoms with Gasteiger partial charge in [-0.1, -0.05) is 20.8 Å². The predicted octanol–water partition coefficient (Wildman–Crippen LogP) is 3.09. The molecule has 0 N–H and O–H groups in total. The van der Waals surface area contributed by atoms with Gasteiger partial charge in [-0.2, -0.15) is 19.3 Å². The zero-order valence-electron chi connectivity index (χ0n) is 7.58. The van der Waals surface area contributed by atoms with Crippen molar-refractivity contribution in [3.05, 3.63) is 13.3 Å². The minimum absolute atomic E-state index is 0. The zero-order chi connectivity index (χ0) is 6.08. The van der Waals surface area contributed by atoms with E-state index in [1.165, 1.54) is 5.92 Å². The Labute approximate surface area is 85.7 Å². The average molecular weight is 203 g/mol. The van der Waals surface area contributed by atoms with Gasteiger partial charge in [0.2, 0.25) is 0 Å². The van der Waals surface area contributed by atoms with E-state index in [9.17, 15) is 0 Å². The van der Waals surface area contributed by atoms with E-state index in [0.717, 1.165) is 0 Å². The Hall–Kier alpha value is 1.10. The molecule has 0 saturated heterocycles. The molecule has 0 aliphatic rings. The molecule has 52 valence electrons. The Kier molecular flexibility index (Phi) is 10.8. The molecule has 0 aliphatic heterocycles. The largest absolute Gasteiger partial charge is 3.00 e. The fourth-order valence-corrected chi connectivity index (χ4v) is 0. The van der Waals surface area contributed by atoms with E-state index in [-0.39, 0.29) is 40.1 Å². The van der Waals surface area contributed by atoms with Gasteiger partial charge in [-0.3, -0.25) is 0 Å². The van der Waals surface area contributed by atoms with Crippen LogP contribution in [0.1, 0.15) is 34.6 Å². The molecule has 0 atom stereocenters. The number of rotatable bonds is 0. The van der Waals surface area contributed by atoms with Gasteiger partial charge in [0.05, 0.1) is 0 Å². The standard InChI is InChI=1S/C7H15.CH3.Y/c1-6(2)7(3,4)5;;/h1-5H3;1H3;/q2*-1;+3. The Morgan fingerprint density at radius 1 is 1.00 bits per heavy atom. The van der Waals surface area contributed by atoms with Gasteiger partial charge < -0.3 is 13.3 Å². The third-order valence-corrected chi connectivity index (χ3v) is 1.50. The Morgan fingerprint density at radius 3 is 1.11 bits per heavy atom. The van der Waals surface area contributed by atoms with E-state index in [2.05, 4.69) is 34.6 Å². The van der Waals surface area contributed by atoms with Crippen molar-refractivity contribution < 1.29 is 32.7 Å². The summed E-state index contributed by atoms with van der Waals surface area (Å²) in [5.41, 5.74) is 0.417. The van der Waals surface area contributed by atoms with Crippen molar-refractivity contribution in [1.82, 2.24) is 0 Å². The van der Waals surface area contributed by atoms with Crippen LogP contribution in [0.3, 0.4) is 0 Å². The maximum atomic E-state index is 2.22. The van der Waals surface area contributed by atoms with E-state index in [1.807, 2.05) is 0 Å². The molecule has 0 aromatic rings. The van der Waals surface area contributed by atoms with Crippen molar-refractivity contribution >= 4 is 0 Å². The third-order valence-electron chi connectivity index (χ3n) is 1.50. The fraction of sp³-hybridized carbons (Fsp3) is 0.750. The molecule has 0 fully saturated rings. The zero-order valence-corrected chi connectivity index (χ0v) is 10.4. The molecule has 0 aromatic carbocycles. The molecule has 0 bridgehead atoms. The van der Waals surface area contributed by atoms with Crippen LogP contribution >= 0.6 is 0 Å². The minimum atomic E-state index is 0. The Morgan fingerprint density at radius 2 is 1.11 bits per heavy atom. The molecule has 0 rings (SSSR count). The maximum absolute atomic E-state index is 2.22. The predicted molar refractivity (Wildman–Crippen MR) is 40.5 cm³/mol. The van der Waals surface area contributed by atoms with Crippen LogP contribution in [0.2, 0.25) is 0 Å². The van der Waals surface area contributed by atoms with Gasteiger partial charge in [-0.05, 0) is 0 Å². The van der Waals surface area contributed by atoms with Crippen LogP contribution in [0, 0.1) is 18.8 Å². The molecule has 0 saturated carbocycles. The number of hydrogen-bond donors (Lipinski definition) is 0. The van der Waals surface area contributed by atoms with Crippen LogP contribution < -0.4 is 0 Å². The summed E-state index contributed by atoms with van der Waals surface area (Å²) >= 11 is 0. The van der Waals surface area contributed by atoms with Crippen molar-refractivity contribution in [2.75, 3.05) is 0 Å². The molecule has 9 heavy (non-hydrogen) atoms. The summed E-state index contributed by atoms with van der Waals surface area (Å²) < 4.78 is 0. The van der Waals surface area contributed by atoms with Gasteiger partial charge in [-0.25, -0.2) is 0 Å².